The second-order valence-corrected chi connectivity index (χ2v) is 11.8. The quantitative estimate of drug-likeness (QED) is 0.475. The predicted octanol–water partition coefficient (Wildman–Crippen LogP) is 3.89. The molecule has 9 nitrogen and oxygen atoms in total. The Morgan fingerprint density at radius 1 is 1.18 bits per heavy atom. The second-order valence-electron chi connectivity index (χ2n) is 10.9. The molecule has 3 aromatic rings. The highest BCUT2D eigenvalue weighted by atomic mass is 32.1. The average Bonchev–Trinajstić information content (AvgIpc) is 3.55. The van der Waals surface area contributed by atoms with Gasteiger partial charge < -0.3 is 24.7 Å². The fraction of sp³-hybridized carbons (Fsp3) is 0.464. The van der Waals surface area contributed by atoms with Gasteiger partial charge >= 0.3 is 0 Å². The number of anilines is 1. The number of imidazole rings is 1. The van der Waals surface area contributed by atoms with Gasteiger partial charge in [0.2, 0.25) is 5.91 Å². The summed E-state index contributed by atoms with van der Waals surface area (Å²) in [6, 6.07) is 7.97. The Hall–Kier alpha value is -3.21. The zero-order valence-corrected chi connectivity index (χ0v) is 23.2. The Bertz CT molecular complexity index is 1320. The molecule has 0 saturated carbocycles. The van der Waals surface area contributed by atoms with E-state index in [2.05, 4.69) is 36.3 Å². The molecule has 0 aliphatic carbocycles. The van der Waals surface area contributed by atoms with Crippen LogP contribution >= 0.6 is 11.3 Å². The highest BCUT2D eigenvalue weighted by Gasteiger charge is 2.30. The summed E-state index contributed by atoms with van der Waals surface area (Å²) in [7, 11) is 1.61. The lowest BCUT2D eigenvalue weighted by molar-refractivity contribution is -0.118. The van der Waals surface area contributed by atoms with Gasteiger partial charge in [-0.25, -0.2) is 4.98 Å². The van der Waals surface area contributed by atoms with E-state index in [1.54, 1.807) is 18.4 Å². The number of benzene rings is 1. The number of amides is 2. The van der Waals surface area contributed by atoms with Crippen LogP contribution < -0.4 is 15.4 Å². The standard InChI is InChI=1S/C28H35N5O4S/c1-28(2,3)17-29-27(35)26-31-24(22-6-5-13-38-22)25-19-15-20(21(36-4)14-18(19)7-8-33(25)26)30-23(34)16-32-9-11-37-12-10-32/h5-6,13-15H,7-12,16-17H2,1-4H3,(H,29,35)(H,30,34). The molecule has 38 heavy (non-hydrogen) atoms. The van der Waals surface area contributed by atoms with Gasteiger partial charge in [0.1, 0.15) is 11.4 Å². The molecule has 2 N–H and O–H groups in total. The number of carbonyl (C=O) groups excluding carboxylic acids is 2. The summed E-state index contributed by atoms with van der Waals surface area (Å²) in [5.41, 5.74) is 4.28. The van der Waals surface area contributed by atoms with E-state index in [0.29, 0.717) is 50.1 Å². The average molecular weight is 538 g/mol. The monoisotopic (exact) mass is 537 g/mol. The van der Waals surface area contributed by atoms with Crippen molar-refractivity contribution < 1.29 is 19.1 Å². The van der Waals surface area contributed by atoms with E-state index < -0.39 is 0 Å². The van der Waals surface area contributed by atoms with Crippen LogP contribution in [0.5, 0.6) is 5.75 Å². The maximum absolute atomic E-state index is 13.3. The lowest BCUT2D eigenvalue weighted by Gasteiger charge is -2.26. The van der Waals surface area contributed by atoms with Gasteiger partial charge in [0.15, 0.2) is 5.82 Å². The molecule has 4 heterocycles. The lowest BCUT2D eigenvalue weighted by Crippen LogP contribution is -2.41. The third kappa shape index (κ3) is 5.62. The van der Waals surface area contributed by atoms with E-state index in [-0.39, 0.29) is 17.2 Å². The molecule has 0 spiro atoms. The number of nitrogens with zero attached hydrogens (tertiary/aromatic N) is 3. The highest BCUT2D eigenvalue weighted by molar-refractivity contribution is 7.13. The van der Waals surface area contributed by atoms with Gasteiger partial charge in [-0.05, 0) is 41.0 Å². The zero-order chi connectivity index (χ0) is 26.9. The first-order valence-corrected chi connectivity index (χ1v) is 13.9. The van der Waals surface area contributed by atoms with Crippen LogP contribution in [0.1, 0.15) is 37.0 Å². The molecule has 2 amide bonds. The topological polar surface area (TPSA) is 97.7 Å². The molecule has 2 aliphatic heterocycles. The van der Waals surface area contributed by atoms with Crippen molar-refractivity contribution in [2.24, 2.45) is 5.41 Å². The fourth-order valence-electron chi connectivity index (χ4n) is 4.83. The maximum Gasteiger partial charge on any atom is 0.287 e. The van der Waals surface area contributed by atoms with Crippen LogP contribution in [0, 0.1) is 5.41 Å². The van der Waals surface area contributed by atoms with Crippen molar-refractivity contribution in [1.82, 2.24) is 19.8 Å². The first-order chi connectivity index (χ1) is 18.2. The Morgan fingerprint density at radius 2 is 1.97 bits per heavy atom. The SMILES string of the molecule is COc1cc2c(cc1NC(=O)CN1CCOCC1)-c1c(-c3cccs3)nc(C(=O)NCC(C)(C)C)n1CC2. The first kappa shape index (κ1) is 26.4. The number of aromatic nitrogens is 2. The molecule has 1 aromatic carbocycles. The molecular weight excluding hydrogens is 502 g/mol. The molecule has 5 rings (SSSR count). The third-order valence-electron chi connectivity index (χ3n) is 6.73. The van der Waals surface area contributed by atoms with Gasteiger partial charge in [-0.3, -0.25) is 14.5 Å². The van der Waals surface area contributed by atoms with Crippen molar-refractivity contribution in [1.29, 1.82) is 0 Å². The second kappa shape index (κ2) is 10.9. The van der Waals surface area contributed by atoms with Crippen molar-refractivity contribution in [2.75, 3.05) is 51.8 Å². The molecule has 0 bridgehead atoms. The summed E-state index contributed by atoms with van der Waals surface area (Å²) < 4.78 is 13.1. The van der Waals surface area contributed by atoms with Gasteiger partial charge in [-0.15, -0.1) is 11.3 Å². The Morgan fingerprint density at radius 3 is 2.66 bits per heavy atom. The van der Waals surface area contributed by atoms with E-state index in [9.17, 15) is 9.59 Å². The molecule has 1 fully saturated rings. The van der Waals surface area contributed by atoms with Crippen molar-refractivity contribution in [3.63, 3.8) is 0 Å². The minimum Gasteiger partial charge on any atom is -0.495 e. The minimum atomic E-state index is -0.181. The van der Waals surface area contributed by atoms with Gasteiger partial charge in [-0.1, -0.05) is 26.8 Å². The van der Waals surface area contributed by atoms with Gasteiger partial charge in [0.05, 0.1) is 43.1 Å². The molecule has 0 radical (unpaired) electrons. The zero-order valence-electron chi connectivity index (χ0n) is 22.4. The number of thiophene rings is 1. The number of rotatable bonds is 7. The summed E-state index contributed by atoms with van der Waals surface area (Å²) >= 11 is 1.59. The number of nitrogens with one attached hydrogen (secondary N) is 2. The largest absolute Gasteiger partial charge is 0.495 e. The normalized spacial score (nSPS) is 15.5. The van der Waals surface area contributed by atoms with Crippen LogP contribution in [0.25, 0.3) is 21.8 Å². The molecule has 0 unspecified atom stereocenters. The molecule has 0 atom stereocenters. The van der Waals surface area contributed by atoms with Crippen LogP contribution in [0.4, 0.5) is 5.69 Å². The number of hydrogen-bond acceptors (Lipinski definition) is 7. The smallest absolute Gasteiger partial charge is 0.287 e. The molecular formula is C28H35N5O4S. The summed E-state index contributed by atoms with van der Waals surface area (Å²) in [6.07, 6.45) is 0.723. The summed E-state index contributed by atoms with van der Waals surface area (Å²) in [5, 5.41) is 8.12. The number of aryl methyl sites for hydroxylation is 1. The van der Waals surface area contributed by atoms with Gasteiger partial charge in [0.25, 0.3) is 5.91 Å². The van der Waals surface area contributed by atoms with E-state index in [1.165, 1.54) is 0 Å². The molecule has 1 saturated heterocycles. The number of fused-ring (bicyclic) bond motifs is 3. The summed E-state index contributed by atoms with van der Waals surface area (Å²) in [6.45, 7) is 10.5. The Labute approximate surface area is 227 Å². The van der Waals surface area contributed by atoms with Crippen LogP contribution in [0.15, 0.2) is 29.6 Å². The lowest BCUT2D eigenvalue weighted by atomic mass is 9.95. The third-order valence-corrected chi connectivity index (χ3v) is 7.61. The summed E-state index contributed by atoms with van der Waals surface area (Å²) in [5.74, 6) is 0.745. The number of methoxy groups -OCH3 is 1. The number of hydrogen-bond donors (Lipinski definition) is 2. The number of carbonyl (C=O) groups is 2. The molecule has 2 aromatic heterocycles. The molecule has 10 heteroatoms. The van der Waals surface area contributed by atoms with Crippen LogP contribution in [-0.4, -0.2) is 72.8 Å². The van der Waals surface area contributed by atoms with E-state index in [1.807, 2.05) is 34.2 Å². The van der Waals surface area contributed by atoms with E-state index >= 15 is 0 Å². The number of morpholine rings is 1. The maximum atomic E-state index is 13.3. The fourth-order valence-corrected chi connectivity index (χ4v) is 5.54. The van der Waals surface area contributed by atoms with Crippen molar-refractivity contribution >= 4 is 28.8 Å². The van der Waals surface area contributed by atoms with E-state index in [0.717, 1.165) is 46.9 Å². The first-order valence-electron chi connectivity index (χ1n) is 13.0. The van der Waals surface area contributed by atoms with Gasteiger partial charge in [0, 0.05) is 31.7 Å². The highest BCUT2D eigenvalue weighted by Crippen LogP contribution is 2.43. The van der Waals surface area contributed by atoms with Crippen LogP contribution in [-0.2, 0) is 22.5 Å². The summed E-state index contributed by atoms with van der Waals surface area (Å²) in [4.78, 5) is 34.2. The number of ether oxygens (including phenoxy) is 2. The molecule has 2 aliphatic rings. The Balaban J connectivity index is 1.52. The van der Waals surface area contributed by atoms with Crippen LogP contribution in [0.2, 0.25) is 0 Å². The molecule has 202 valence electrons. The Kier molecular flexibility index (Phi) is 7.56. The van der Waals surface area contributed by atoms with Crippen molar-refractivity contribution in [3.8, 4) is 27.6 Å². The van der Waals surface area contributed by atoms with Gasteiger partial charge in [-0.2, -0.15) is 0 Å². The van der Waals surface area contributed by atoms with Crippen molar-refractivity contribution in [3.05, 3.63) is 41.0 Å². The minimum absolute atomic E-state index is 0.0406. The van der Waals surface area contributed by atoms with Crippen molar-refractivity contribution in [2.45, 2.75) is 33.7 Å². The predicted molar refractivity (Wildman–Crippen MR) is 149 cm³/mol. The van der Waals surface area contributed by atoms with E-state index in [4.69, 9.17) is 14.5 Å². The van der Waals surface area contributed by atoms with Crippen LogP contribution in [0.3, 0.4) is 0 Å².